The first-order chi connectivity index (χ1) is 13.5. The highest BCUT2D eigenvalue weighted by Gasteiger charge is 2.11. The zero-order chi connectivity index (χ0) is 19.9. The van der Waals surface area contributed by atoms with Gasteiger partial charge in [-0.05, 0) is 83.3 Å². The molecule has 3 N–H and O–H groups in total. The second-order valence-corrected chi connectivity index (χ2v) is 6.81. The van der Waals surface area contributed by atoms with Gasteiger partial charge < -0.3 is 10.6 Å². The van der Waals surface area contributed by atoms with Gasteiger partial charge in [0.1, 0.15) is 0 Å². The van der Waals surface area contributed by atoms with Gasteiger partial charge in [0.2, 0.25) is 0 Å². The van der Waals surface area contributed by atoms with Crippen LogP contribution in [-0.4, -0.2) is 11.9 Å². The van der Waals surface area contributed by atoms with Gasteiger partial charge >= 0.3 is 5.97 Å². The smallest absolute Gasteiger partial charge is 0.363 e. The molecule has 0 aliphatic rings. The lowest BCUT2D eigenvalue weighted by Crippen LogP contribution is -2.11. The van der Waals surface area contributed by atoms with Gasteiger partial charge in [-0.3, -0.25) is 4.79 Å². The maximum atomic E-state index is 12.1. The molecule has 0 saturated carbocycles. The number of anilines is 2. The number of halogens is 1. The lowest BCUT2D eigenvalue weighted by Gasteiger charge is -2.07. The van der Waals surface area contributed by atoms with E-state index in [2.05, 4.69) is 38.3 Å². The third-order valence-electron chi connectivity index (χ3n) is 3.64. The molecule has 0 aromatic heterocycles. The van der Waals surface area contributed by atoms with E-state index in [4.69, 9.17) is 10.6 Å². The van der Waals surface area contributed by atoms with Crippen LogP contribution in [0, 0.1) is 3.57 Å². The Bertz CT molecular complexity index is 1020. The van der Waals surface area contributed by atoms with Gasteiger partial charge in [-0.2, -0.15) is 0 Å². The van der Waals surface area contributed by atoms with Crippen LogP contribution in [0.1, 0.15) is 20.7 Å². The van der Waals surface area contributed by atoms with Crippen molar-refractivity contribution >= 4 is 51.5 Å². The fourth-order valence-electron chi connectivity index (χ4n) is 2.17. The zero-order valence-corrected chi connectivity index (χ0v) is 16.7. The van der Waals surface area contributed by atoms with Crippen molar-refractivity contribution in [3.8, 4) is 0 Å². The van der Waals surface area contributed by atoms with E-state index in [0.717, 1.165) is 3.57 Å². The molecule has 0 saturated heterocycles. The summed E-state index contributed by atoms with van der Waals surface area (Å²) in [5.41, 5.74) is 10.7. The summed E-state index contributed by atoms with van der Waals surface area (Å²) >= 11 is 2.07. The van der Waals surface area contributed by atoms with Crippen molar-refractivity contribution < 1.29 is 14.4 Å². The SMILES string of the molecule is Nc1ccc(C(=O)N=Nc2ccc(NOC(=O)c3ccccc3I)cc2)cc1. The Morgan fingerprint density at radius 1 is 0.929 bits per heavy atom. The van der Waals surface area contributed by atoms with Crippen LogP contribution in [0.3, 0.4) is 0 Å². The van der Waals surface area contributed by atoms with Gasteiger partial charge in [0, 0.05) is 14.8 Å². The monoisotopic (exact) mass is 486 g/mol. The van der Waals surface area contributed by atoms with Gasteiger partial charge in [-0.25, -0.2) is 10.3 Å². The Morgan fingerprint density at radius 3 is 2.29 bits per heavy atom. The topological polar surface area (TPSA) is 106 Å². The quantitative estimate of drug-likeness (QED) is 0.229. The van der Waals surface area contributed by atoms with Gasteiger partial charge in [-0.1, -0.05) is 12.1 Å². The minimum atomic E-state index is -0.483. The Morgan fingerprint density at radius 2 is 1.61 bits per heavy atom. The van der Waals surface area contributed by atoms with E-state index < -0.39 is 11.9 Å². The van der Waals surface area contributed by atoms with Crippen LogP contribution in [0.5, 0.6) is 0 Å². The first-order valence-electron chi connectivity index (χ1n) is 8.16. The van der Waals surface area contributed by atoms with Crippen LogP contribution in [0.4, 0.5) is 17.1 Å². The molecule has 0 radical (unpaired) electrons. The van der Waals surface area contributed by atoms with Gasteiger partial charge in [0.25, 0.3) is 5.91 Å². The third-order valence-corrected chi connectivity index (χ3v) is 4.58. The maximum absolute atomic E-state index is 12.1. The van der Waals surface area contributed by atoms with Gasteiger partial charge in [0.05, 0.1) is 16.9 Å². The molecule has 1 amide bonds. The summed E-state index contributed by atoms with van der Waals surface area (Å²) in [5, 5.41) is 7.59. The molecule has 0 bridgehead atoms. The summed E-state index contributed by atoms with van der Waals surface area (Å²) in [6.45, 7) is 0. The lowest BCUT2D eigenvalue weighted by molar-refractivity contribution is 0.0595. The molecular formula is C20H15IN4O3. The highest BCUT2D eigenvalue weighted by molar-refractivity contribution is 14.1. The van der Waals surface area contributed by atoms with E-state index in [0.29, 0.717) is 28.2 Å². The molecule has 8 heteroatoms. The molecule has 0 atom stereocenters. The molecule has 3 aromatic carbocycles. The van der Waals surface area contributed by atoms with Crippen LogP contribution in [0.25, 0.3) is 0 Å². The Hall–Kier alpha value is -3.27. The summed E-state index contributed by atoms with van der Waals surface area (Å²) in [6.07, 6.45) is 0. The van der Waals surface area contributed by atoms with Crippen molar-refractivity contribution in [2.75, 3.05) is 11.2 Å². The Labute approximate surface area is 174 Å². The summed E-state index contributed by atoms with van der Waals surface area (Å²) in [6, 6.07) is 20.2. The van der Waals surface area contributed by atoms with Crippen molar-refractivity contribution in [1.29, 1.82) is 0 Å². The fraction of sp³-hybridized carbons (Fsp3) is 0. The summed E-state index contributed by atoms with van der Waals surface area (Å²) in [4.78, 5) is 29.1. The molecule has 0 aliphatic carbocycles. The largest absolute Gasteiger partial charge is 0.399 e. The maximum Gasteiger partial charge on any atom is 0.363 e. The van der Waals surface area contributed by atoms with Crippen LogP contribution in [0.15, 0.2) is 83.0 Å². The van der Waals surface area contributed by atoms with E-state index >= 15 is 0 Å². The summed E-state index contributed by atoms with van der Waals surface area (Å²) in [7, 11) is 0. The second-order valence-electron chi connectivity index (χ2n) is 5.65. The number of carbonyl (C=O) groups excluding carboxylic acids is 2. The van der Waals surface area contributed by atoms with Crippen molar-refractivity contribution in [2.24, 2.45) is 10.2 Å². The van der Waals surface area contributed by atoms with Crippen LogP contribution >= 0.6 is 22.6 Å². The number of azo groups is 1. The number of hydrogen-bond acceptors (Lipinski definition) is 6. The lowest BCUT2D eigenvalue weighted by atomic mass is 10.2. The third kappa shape index (κ3) is 5.13. The number of benzene rings is 3. The van der Waals surface area contributed by atoms with E-state index in [1.54, 1.807) is 60.7 Å². The number of carbonyl (C=O) groups is 2. The number of nitrogens with zero attached hydrogens (tertiary/aromatic N) is 2. The van der Waals surface area contributed by atoms with Crippen molar-refractivity contribution in [3.05, 3.63) is 87.5 Å². The highest BCUT2D eigenvalue weighted by atomic mass is 127. The van der Waals surface area contributed by atoms with E-state index in [1.807, 2.05) is 12.1 Å². The Kier molecular flexibility index (Phi) is 6.33. The zero-order valence-electron chi connectivity index (χ0n) is 14.5. The van der Waals surface area contributed by atoms with Crippen LogP contribution in [-0.2, 0) is 4.84 Å². The molecule has 0 unspecified atom stereocenters. The molecule has 3 rings (SSSR count). The number of nitrogens with two attached hydrogens (primary N) is 1. The van der Waals surface area contributed by atoms with Gasteiger partial charge in [-0.15, -0.1) is 10.2 Å². The first kappa shape index (κ1) is 19.5. The Balaban J connectivity index is 1.57. The fourth-order valence-corrected chi connectivity index (χ4v) is 2.78. The highest BCUT2D eigenvalue weighted by Crippen LogP contribution is 2.18. The molecule has 0 fully saturated rings. The van der Waals surface area contributed by atoms with Crippen LogP contribution < -0.4 is 11.2 Å². The molecule has 0 heterocycles. The van der Waals surface area contributed by atoms with Gasteiger partial charge in [0.15, 0.2) is 0 Å². The number of amides is 1. The van der Waals surface area contributed by atoms with E-state index in [1.165, 1.54) is 0 Å². The summed E-state index contributed by atoms with van der Waals surface area (Å²) in [5.74, 6) is -0.948. The number of nitrogen functional groups attached to an aromatic ring is 1. The average molecular weight is 486 g/mol. The molecule has 28 heavy (non-hydrogen) atoms. The number of hydrogen-bond donors (Lipinski definition) is 2. The minimum absolute atomic E-state index is 0.402. The van der Waals surface area contributed by atoms with E-state index in [-0.39, 0.29) is 0 Å². The minimum Gasteiger partial charge on any atom is -0.399 e. The van der Waals surface area contributed by atoms with E-state index in [9.17, 15) is 9.59 Å². The predicted octanol–water partition coefficient (Wildman–Crippen LogP) is 4.98. The first-order valence-corrected chi connectivity index (χ1v) is 9.24. The summed E-state index contributed by atoms with van der Waals surface area (Å²) < 4.78 is 0.799. The standard InChI is InChI=1S/C20H15IN4O3/c21-18-4-2-1-3-17(18)20(27)28-25-16-11-9-15(10-12-16)23-24-19(26)13-5-7-14(22)8-6-13/h1-12,25H,22H2. The molecular weight excluding hydrogens is 471 g/mol. The number of rotatable bonds is 5. The molecule has 140 valence electrons. The van der Waals surface area contributed by atoms with Crippen molar-refractivity contribution in [2.45, 2.75) is 0 Å². The van der Waals surface area contributed by atoms with Crippen LogP contribution in [0.2, 0.25) is 0 Å². The molecule has 0 spiro atoms. The molecule has 7 nitrogen and oxygen atoms in total. The molecule has 0 aliphatic heterocycles. The van der Waals surface area contributed by atoms with Crippen molar-refractivity contribution in [1.82, 2.24) is 0 Å². The number of nitrogens with one attached hydrogen (secondary N) is 1. The average Bonchev–Trinajstić information content (AvgIpc) is 2.72. The normalized spacial score (nSPS) is 10.6. The van der Waals surface area contributed by atoms with Crippen molar-refractivity contribution in [3.63, 3.8) is 0 Å². The predicted molar refractivity (Wildman–Crippen MR) is 114 cm³/mol. The second kappa shape index (κ2) is 9.09. The molecule has 3 aromatic rings.